The summed E-state index contributed by atoms with van der Waals surface area (Å²) in [4.78, 5) is 32.5. The smallest absolute Gasteiger partial charge is 0.256 e. The molecule has 2 aromatic carbocycles. The van der Waals surface area contributed by atoms with Gasteiger partial charge in [-0.15, -0.1) is 0 Å². The molecule has 1 aromatic heterocycles. The van der Waals surface area contributed by atoms with Crippen LogP contribution in [0.4, 0.5) is 0 Å². The molecule has 4 rings (SSSR count). The van der Waals surface area contributed by atoms with E-state index in [1.165, 1.54) is 0 Å². The Morgan fingerprint density at radius 3 is 2.21 bits per heavy atom. The van der Waals surface area contributed by atoms with E-state index in [0.717, 1.165) is 10.9 Å². The number of nitrogens with one attached hydrogen (secondary N) is 1. The summed E-state index contributed by atoms with van der Waals surface area (Å²) in [5.74, 6) is 1.01. The maximum atomic E-state index is 12.9. The molecule has 1 aliphatic rings. The number of aromatic amines is 1. The molecule has 2 heterocycles. The number of methoxy groups -OCH3 is 2. The van der Waals surface area contributed by atoms with E-state index in [2.05, 4.69) is 4.98 Å². The highest BCUT2D eigenvalue weighted by Gasteiger charge is 2.27. The number of hydrogen-bond donors (Lipinski definition) is 1. The quantitative estimate of drug-likeness (QED) is 0.740. The van der Waals surface area contributed by atoms with E-state index in [1.807, 2.05) is 24.3 Å². The van der Waals surface area contributed by atoms with Crippen molar-refractivity contribution < 1.29 is 19.1 Å². The lowest BCUT2D eigenvalue weighted by atomic mass is 10.1. The van der Waals surface area contributed by atoms with Gasteiger partial charge in [0.1, 0.15) is 0 Å². The van der Waals surface area contributed by atoms with Gasteiger partial charge < -0.3 is 24.3 Å². The molecule has 2 amide bonds. The van der Waals surface area contributed by atoms with E-state index in [4.69, 9.17) is 9.47 Å². The van der Waals surface area contributed by atoms with Crippen molar-refractivity contribution >= 4 is 22.7 Å². The van der Waals surface area contributed by atoms with Gasteiger partial charge in [0.15, 0.2) is 11.5 Å². The Balaban J connectivity index is 1.44. The summed E-state index contributed by atoms with van der Waals surface area (Å²) in [5.41, 5.74) is 2.15. The number of piperazine rings is 1. The lowest BCUT2D eigenvalue weighted by Crippen LogP contribution is -2.50. The van der Waals surface area contributed by atoms with Gasteiger partial charge in [-0.1, -0.05) is 18.2 Å². The minimum atomic E-state index is -0.0786. The Labute approximate surface area is 168 Å². The fourth-order valence-corrected chi connectivity index (χ4v) is 3.68. The predicted octanol–water partition coefficient (Wildman–Crippen LogP) is 2.78. The van der Waals surface area contributed by atoms with Crippen molar-refractivity contribution in [3.63, 3.8) is 0 Å². The number of amides is 2. The summed E-state index contributed by atoms with van der Waals surface area (Å²) in [6.45, 7) is 1.97. The van der Waals surface area contributed by atoms with Crippen LogP contribution >= 0.6 is 0 Å². The molecule has 1 aliphatic heterocycles. The van der Waals surface area contributed by atoms with Crippen LogP contribution in [0.5, 0.6) is 11.5 Å². The highest BCUT2D eigenvalue weighted by atomic mass is 16.5. The number of hydrogen-bond acceptors (Lipinski definition) is 4. The molecule has 0 bridgehead atoms. The van der Waals surface area contributed by atoms with Crippen LogP contribution in [0.25, 0.3) is 10.9 Å². The van der Waals surface area contributed by atoms with Crippen molar-refractivity contribution in [2.24, 2.45) is 0 Å². The van der Waals surface area contributed by atoms with Crippen molar-refractivity contribution in [1.82, 2.24) is 14.8 Å². The molecule has 7 nitrogen and oxygen atoms in total. The number of rotatable bonds is 4. The second-order valence-corrected chi connectivity index (χ2v) is 6.90. The van der Waals surface area contributed by atoms with E-state index < -0.39 is 0 Å². The molecule has 0 radical (unpaired) electrons. The number of H-pyrrole nitrogens is 1. The molecular formula is C22H23N3O4. The highest BCUT2D eigenvalue weighted by Crippen LogP contribution is 2.28. The molecule has 0 saturated carbocycles. The molecule has 29 heavy (non-hydrogen) atoms. The summed E-state index contributed by atoms with van der Waals surface area (Å²) < 4.78 is 10.5. The first-order valence-corrected chi connectivity index (χ1v) is 9.49. The zero-order valence-corrected chi connectivity index (χ0v) is 16.5. The minimum absolute atomic E-state index is 0.0133. The molecule has 150 valence electrons. The average molecular weight is 393 g/mol. The molecule has 7 heteroatoms. The summed E-state index contributed by atoms with van der Waals surface area (Å²) >= 11 is 0. The Morgan fingerprint density at radius 1 is 0.862 bits per heavy atom. The van der Waals surface area contributed by atoms with Crippen molar-refractivity contribution in [2.75, 3.05) is 40.4 Å². The van der Waals surface area contributed by atoms with Crippen LogP contribution in [0.2, 0.25) is 0 Å². The number of carbonyl (C=O) groups is 2. The molecule has 1 N–H and O–H groups in total. The van der Waals surface area contributed by atoms with E-state index in [9.17, 15) is 9.59 Å². The highest BCUT2D eigenvalue weighted by molar-refractivity contribution is 6.06. The number of para-hydroxylation sites is 1. The van der Waals surface area contributed by atoms with Crippen molar-refractivity contribution in [3.05, 3.63) is 59.8 Å². The fraction of sp³-hybridized carbons (Fsp3) is 0.273. The number of fused-ring (bicyclic) bond motifs is 1. The van der Waals surface area contributed by atoms with Crippen LogP contribution in [0.15, 0.2) is 48.7 Å². The maximum Gasteiger partial charge on any atom is 0.256 e. The van der Waals surface area contributed by atoms with E-state index in [-0.39, 0.29) is 11.8 Å². The topological polar surface area (TPSA) is 74.9 Å². The number of aromatic nitrogens is 1. The van der Waals surface area contributed by atoms with Crippen LogP contribution in [0, 0.1) is 0 Å². The Bertz CT molecular complexity index is 1050. The summed E-state index contributed by atoms with van der Waals surface area (Å²) in [5, 5.41) is 0.918. The third-order valence-electron chi connectivity index (χ3n) is 5.30. The summed E-state index contributed by atoms with van der Waals surface area (Å²) in [6.07, 6.45) is 1.76. The Hall–Kier alpha value is -3.48. The predicted molar refractivity (Wildman–Crippen MR) is 110 cm³/mol. The molecule has 3 aromatic rings. The molecule has 1 fully saturated rings. The first kappa shape index (κ1) is 18.9. The Morgan fingerprint density at radius 2 is 1.52 bits per heavy atom. The van der Waals surface area contributed by atoms with E-state index in [0.29, 0.717) is 48.8 Å². The number of nitrogens with zero attached hydrogens (tertiary/aromatic N) is 2. The third-order valence-corrected chi connectivity index (χ3v) is 5.30. The zero-order chi connectivity index (χ0) is 20.4. The van der Waals surface area contributed by atoms with Crippen LogP contribution in [0.3, 0.4) is 0 Å². The maximum absolute atomic E-state index is 12.9. The van der Waals surface area contributed by atoms with Crippen molar-refractivity contribution in [1.29, 1.82) is 0 Å². The monoisotopic (exact) mass is 393 g/mol. The van der Waals surface area contributed by atoms with Crippen LogP contribution < -0.4 is 9.47 Å². The molecule has 0 spiro atoms. The van der Waals surface area contributed by atoms with Gasteiger partial charge in [-0.3, -0.25) is 9.59 Å². The van der Waals surface area contributed by atoms with Gasteiger partial charge in [-0.2, -0.15) is 0 Å². The second-order valence-electron chi connectivity index (χ2n) is 6.90. The standard InChI is InChI=1S/C22H23N3O4/c1-28-19-8-7-15(13-20(19)29-2)21(26)24-9-11-25(12-10-24)22(27)17-14-23-18-6-4-3-5-16(17)18/h3-8,13-14,23H,9-12H2,1-2H3. The van der Waals surface area contributed by atoms with Gasteiger partial charge in [0, 0.05) is 48.8 Å². The lowest BCUT2D eigenvalue weighted by molar-refractivity contribution is 0.0536. The molecule has 0 unspecified atom stereocenters. The van der Waals surface area contributed by atoms with Crippen LogP contribution in [-0.2, 0) is 0 Å². The molecule has 1 saturated heterocycles. The first-order chi connectivity index (χ1) is 14.1. The summed E-state index contributed by atoms with van der Waals surface area (Å²) in [7, 11) is 3.10. The molecule has 0 aliphatic carbocycles. The average Bonchev–Trinajstić information content (AvgIpc) is 3.22. The van der Waals surface area contributed by atoms with Gasteiger partial charge in [-0.25, -0.2) is 0 Å². The number of benzene rings is 2. The summed E-state index contributed by atoms with van der Waals surface area (Å²) in [6, 6.07) is 12.9. The number of carbonyl (C=O) groups excluding carboxylic acids is 2. The fourth-order valence-electron chi connectivity index (χ4n) is 3.68. The second kappa shape index (κ2) is 7.87. The van der Waals surface area contributed by atoms with Crippen molar-refractivity contribution in [2.45, 2.75) is 0 Å². The van der Waals surface area contributed by atoms with Gasteiger partial charge in [0.2, 0.25) is 0 Å². The van der Waals surface area contributed by atoms with E-state index >= 15 is 0 Å². The molecular weight excluding hydrogens is 370 g/mol. The normalized spacial score (nSPS) is 14.1. The first-order valence-electron chi connectivity index (χ1n) is 9.49. The van der Waals surface area contributed by atoms with Gasteiger partial charge >= 0.3 is 0 Å². The van der Waals surface area contributed by atoms with E-state index in [1.54, 1.807) is 48.4 Å². The third kappa shape index (κ3) is 3.51. The van der Waals surface area contributed by atoms with Gasteiger partial charge in [0.05, 0.1) is 19.8 Å². The Kier molecular flexibility index (Phi) is 5.12. The molecule has 0 atom stereocenters. The van der Waals surface area contributed by atoms with Gasteiger partial charge in [-0.05, 0) is 24.3 Å². The van der Waals surface area contributed by atoms with Gasteiger partial charge in [0.25, 0.3) is 11.8 Å². The zero-order valence-electron chi connectivity index (χ0n) is 16.5. The minimum Gasteiger partial charge on any atom is -0.493 e. The van der Waals surface area contributed by atoms with Crippen molar-refractivity contribution in [3.8, 4) is 11.5 Å². The number of ether oxygens (including phenoxy) is 2. The van der Waals surface area contributed by atoms with Crippen LogP contribution in [0.1, 0.15) is 20.7 Å². The van der Waals surface area contributed by atoms with Crippen LogP contribution in [-0.4, -0.2) is 67.0 Å². The SMILES string of the molecule is COc1ccc(C(=O)N2CCN(C(=O)c3c[nH]c4ccccc34)CC2)cc1OC. The lowest BCUT2D eigenvalue weighted by Gasteiger charge is -2.34. The largest absolute Gasteiger partial charge is 0.493 e.